The fourth-order valence-electron chi connectivity index (χ4n) is 4.78. The van der Waals surface area contributed by atoms with Gasteiger partial charge in [0.25, 0.3) is 0 Å². The Hall–Kier alpha value is -2.53. The van der Waals surface area contributed by atoms with E-state index in [1.165, 1.54) is 5.56 Å². The molecule has 180 valence electrons. The van der Waals surface area contributed by atoms with Gasteiger partial charge in [-0.05, 0) is 47.3 Å². The highest BCUT2D eigenvalue weighted by Crippen LogP contribution is 2.35. The van der Waals surface area contributed by atoms with Crippen molar-refractivity contribution in [1.29, 1.82) is 0 Å². The lowest BCUT2D eigenvalue weighted by atomic mass is 9.94. The molecule has 3 aromatic carbocycles. The van der Waals surface area contributed by atoms with Crippen LogP contribution in [0.3, 0.4) is 0 Å². The number of hydrogen-bond acceptors (Lipinski definition) is 4. The summed E-state index contributed by atoms with van der Waals surface area (Å²) in [7, 11) is 1.63. The average molecular weight is 479 g/mol. The summed E-state index contributed by atoms with van der Waals surface area (Å²) in [6.45, 7) is 6.03. The second-order valence-corrected chi connectivity index (χ2v) is 9.39. The Morgan fingerprint density at radius 3 is 2.50 bits per heavy atom. The topological polar surface area (TPSA) is 35.9 Å². The predicted octanol–water partition coefficient (Wildman–Crippen LogP) is 6.38. The zero-order chi connectivity index (χ0) is 23.9. The smallest absolute Gasteiger partial charge is 0.138 e. The van der Waals surface area contributed by atoms with Crippen LogP contribution in [0.5, 0.6) is 5.75 Å². The number of rotatable bonds is 9. The number of halogens is 1. The van der Waals surface area contributed by atoms with Crippen molar-refractivity contribution in [3.05, 3.63) is 83.0 Å². The molecule has 4 nitrogen and oxygen atoms in total. The maximum absolute atomic E-state index is 11.5. The van der Waals surface area contributed by atoms with E-state index in [0.29, 0.717) is 10.8 Å². The van der Waals surface area contributed by atoms with Crippen molar-refractivity contribution in [3.8, 4) is 5.75 Å². The number of unbranched alkanes of at least 4 members (excludes halogenated alkanes) is 1. The van der Waals surface area contributed by atoms with Crippen LogP contribution in [0, 0.1) is 0 Å². The fourth-order valence-corrected chi connectivity index (χ4v) is 5.09. The summed E-state index contributed by atoms with van der Waals surface area (Å²) in [5.74, 6) is 0.669. The van der Waals surface area contributed by atoms with E-state index in [1.807, 2.05) is 30.3 Å². The van der Waals surface area contributed by atoms with E-state index in [1.54, 1.807) is 7.11 Å². The van der Waals surface area contributed by atoms with Crippen molar-refractivity contribution < 1.29 is 9.84 Å². The summed E-state index contributed by atoms with van der Waals surface area (Å²) < 4.78 is 5.35. The molecule has 0 spiro atoms. The van der Waals surface area contributed by atoms with Crippen molar-refractivity contribution in [3.63, 3.8) is 0 Å². The molecule has 2 atom stereocenters. The van der Waals surface area contributed by atoms with Gasteiger partial charge >= 0.3 is 0 Å². The van der Waals surface area contributed by atoms with Crippen LogP contribution in [-0.4, -0.2) is 54.2 Å². The summed E-state index contributed by atoms with van der Waals surface area (Å²) in [4.78, 5) is 4.84. The Kier molecular flexibility index (Phi) is 8.49. The van der Waals surface area contributed by atoms with Crippen LogP contribution in [0.15, 0.2) is 66.9 Å². The van der Waals surface area contributed by atoms with Crippen LogP contribution in [0.25, 0.3) is 16.8 Å². The highest BCUT2D eigenvalue weighted by Gasteiger charge is 2.29. The molecule has 0 amide bonds. The van der Waals surface area contributed by atoms with Crippen LogP contribution in [-0.2, 0) is 0 Å². The van der Waals surface area contributed by atoms with Crippen LogP contribution in [0.4, 0.5) is 0 Å². The number of benzene rings is 3. The van der Waals surface area contributed by atoms with Crippen LogP contribution >= 0.6 is 11.6 Å². The van der Waals surface area contributed by atoms with Gasteiger partial charge in [0.1, 0.15) is 5.75 Å². The van der Waals surface area contributed by atoms with Crippen molar-refractivity contribution in [2.75, 3.05) is 33.3 Å². The molecule has 1 fully saturated rings. The Labute approximate surface area is 208 Å². The van der Waals surface area contributed by atoms with E-state index in [2.05, 4.69) is 59.3 Å². The molecule has 0 saturated carbocycles. The largest absolute Gasteiger partial charge is 0.495 e. The molecule has 3 aromatic rings. The van der Waals surface area contributed by atoms with Crippen molar-refractivity contribution in [2.24, 2.45) is 0 Å². The predicted molar refractivity (Wildman–Crippen MR) is 142 cm³/mol. The third kappa shape index (κ3) is 5.75. The molecule has 1 heterocycles. The first-order valence-electron chi connectivity index (χ1n) is 12.3. The number of hydrogen-bond donors (Lipinski definition) is 1. The lowest BCUT2D eigenvalue weighted by Gasteiger charge is -2.41. The van der Waals surface area contributed by atoms with Gasteiger partial charge in [0.2, 0.25) is 0 Å². The summed E-state index contributed by atoms with van der Waals surface area (Å²) >= 11 is 6.50. The lowest BCUT2D eigenvalue weighted by Crippen LogP contribution is -2.50. The molecule has 0 unspecified atom stereocenters. The Morgan fingerprint density at radius 1 is 1.03 bits per heavy atom. The average Bonchev–Trinajstić information content (AvgIpc) is 2.89. The third-order valence-electron chi connectivity index (χ3n) is 6.82. The fraction of sp³-hybridized carbons (Fsp3) is 0.379. The summed E-state index contributed by atoms with van der Waals surface area (Å²) in [5.41, 5.74) is 2.16. The van der Waals surface area contributed by atoms with Gasteiger partial charge in [0.05, 0.1) is 18.2 Å². The van der Waals surface area contributed by atoms with Gasteiger partial charge in [0.15, 0.2) is 0 Å². The van der Waals surface area contributed by atoms with E-state index in [-0.39, 0.29) is 6.04 Å². The van der Waals surface area contributed by atoms with E-state index in [0.717, 1.165) is 61.8 Å². The zero-order valence-corrected chi connectivity index (χ0v) is 20.9. The van der Waals surface area contributed by atoms with Gasteiger partial charge < -0.3 is 14.7 Å². The highest BCUT2D eigenvalue weighted by molar-refractivity contribution is 6.37. The summed E-state index contributed by atoms with van der Waals surface area (Å²) in [5, 5.41) is 14.1. The van der Waals surface area contributed by atoms with Gasteiger partial charge in [-0.25, -0.2) is 0 Å². The lowest BCUT2D eigenvalue weighted by molar-refractivity contribution is 0.0208. The standard InChI is InChI=1S/C29H35ClN2O2/c1-3-4-10-26(32-19-17-31(18-20-32)16-15-22-8-6-5-7-9-22)29(33)24-11-13-25-23(21-24)12-14-27(34-2)28(25)30/h5-9,11-16,21,26,29,33H,3-4,10,17-20H2,1-2H3/b16-15+/t26-,29+/m0/s1. The van der Waals surface area contributed by atoms with Gasteiger partial charge in [0, 0.05) is 37.6 Å². The third-order valence-corrected chi connectivity index (χ3v) is 7.21. The molecule has 0 aliphatic carbocycles. The normalized spacial score (nSPS) is 16.8. The molecule has 1 aliphatic rings. The number of piperazine rings is 1. The molecule has 0 radical (unpaired) electrons. The molecule has 1 saturated heterocycles. The molecule has 5 heteroatoms. The maximum Gasteiger partial charge on any atom is 0.138 e. The highest BCUT2D eigenvalue weighted by atomic mass is 35.5. The summed E-state index contributed by atoms with van der Waals surface area (Å²) in [6, 6.07) is 20.5. The molecular weight excluding hydrogens is 444 g/mol. The minimum atomic E-state index is -0.539. The second-order valence-electron chi connectivity index (χ2n) is 9.02. The maximum atomic E-state index is 11.5. The molecular formula is C29H35ClN2O2. The molecule has 0 aromatic heterocycles. The first kappa shape index (κ1) is 24.6. The van der Waals surface area contributed by atoms with Crippen molar-refractivity contribution >= 4 is 28.4 Å². The number of aliphatic hydroxyl groups is 1. The van der Waals surface area contributed by atoms with E-state index in [4.69, 9.17) is 16.3 Å². The zero-order valence-electron chi connectivity index (χ0n) is 20.2. The number of aliphatic hydroxyl groups excluding tert-OH is 1. The molecule has 1 aliphatic heterocycles. The van der Waals surface area contributed by atoms with E-state index >= 15 is 0 Å². The first-order valence-corrected chi connectivity index (χ1v) is 12.6. The van der Waals surface area contributed by atoms with Gasteiger partial charge in [-0.3, -0.25) is 4.90 Å². The minimum Gasteiger partial charge on any atom is -0.495 e. The summed E-state index contributed by atoms with van der Waals surface area (Å²) in [6.07, 6.45) is 7.05. The molecule has 0 bridgehead atoms. The number of nitrogens with zero attached hydrogens (tertiary/aromatic N) is 2. The molecule has 34 heavy (non-hydrogen) atoms. The van der Waals surface area contributed by atoms with E-state index < -0.39 is 6.10 Å². The van der Waals surface area contributed by atoms with Gasteiger partial charge in [-0.1, -0.05) is 79.9 Å². The Morgan fingerprint density at radius 2 is 1.79 bits per heavy atom. The Balaban J connectivity index is 1.46. The number of methoxy groups -OCH3 is 1. The molecule has 4 rings (SSSR count). The van der Waals surface area contributed by atoms with Gasteiger partial charge in [-0.2, -0.15) is 0 Å². The quantitative estimate of drug-likeness (QED) is 0.387. The van der Waals surface area contributed by atoms with E-state index in [9.17, 15) is 5.11 Å². The Bertz CT molecular complexity index is 1090. The monoisotopic (exact) mass is 478 g/mol. The SMILES string of the molecule is CCCC[C@@H]([C@H](O)c1ccc2c(Cl)c(OC)ccc2c1)N1CCN(/C=C/c2ccccc2)CC1. The first-order chi connectivity index (χ1) is 16.6. The van der Waals surface area contributed by atoms with Crippen LogP contribution < -0.4 is 4.74 Å². The van der Waals surface area contributed by atoms with Gasteiger partial charge in [-0.15, -0.1) is 0 Å². The molecule has 1 N–H and O–H groups in total. The second kappa shape index (κ2) is 11.7. The number of fused-ring (bicyclic) bond motifs is 1. The van der Waals surface area contributed by atoms with Crippen LogP contribution in [0.2, 0.25) is 5.02 Å². The van der Waals surface area contributed by atoms with Crippen LogP contribution in [0.1, 0.15) is 43.4 Å². The number of ether oxygens (including phenoxy) is 1. The van der Waals surface area contributed by atoms with Crippen molar-refractivity contribution in [2.45, 2.75) is 38.3 Å². The minimum absolute atomic E-state index is 0.103. The van der Waals surface area contributed by atoms with Crippen molar-refractivity contribution in [1.82, 2.24) is 9.80 Å².